The van der Waals surface area contributed by atoms with E-state index >= 15 is 0 Å². The van der Waals surface area contributed by atoms with Crippen molar-refractivity contribution in [3.8, 4) is 0 Å². The van der Waals surface area contributed by atoms with Gasteiger partial charge in [-0.15, -0.1) is 0 Å². The minimum absolute atomic E-state index is 0.00470. The third-order valence-corrected chi connectivity index (χ3v) is 3.78. The maximum Gasteiger partial charge on any atom is 0.411 e. The lowest BCUT2D eigenvalue weighted by Crippen LogP contribution is -2.28. The second kappa shape index (κ2) is 7.43. The average Bonchev–Trinajstić information content (AvgIpc) is 2.31. The van der Waals surface area contributed by atoms with Crippen molar-refractivity contribution in [2.75, 3.05) is 19.8 Å². The van der Waals surface area contributed by atoms with Crippen molar-refractivity contribution in [3.63, 3.8) is 0 Å². The van der Waals surface area contributed by atoms with Crippen LogP contribution >= 0.6 is 15.9 Å². The van der Waals surface area contributed by atoms with E-state index < -0.39 is 12.8 Å². The molecule has 2 nitrogen and oxygen atoms in total. The van der Waals surface area contributed by atoms with Gasteiger partial charge >= 0.3 is 6.18 Å². The fraction of sp³-hybridized carbons (Fsp3) is 0.571. The minimum Gasteiger partial charge on any atom is -0.370 e. The molecule has 1 aromatic rings. The Balaban J connectivity index is 2.83. The molecule has 0 aliphatic heterocycles. The molecule has 0 aromatic heterocycles. The van der Waals surface area contributed by atoms with E-state index in [4.69, 9.17) is 4.74 Å². The Bertz CT molecular complexity index is 449. The van der Waals surface area contributed by atoms with Crippen molar-refractivity contribution in [1.29, 1.82) is 0 Å². The van der Waals surface area contributed by atoms with E-state index in [1.54, 1.807) is 0 Å². The predicted molar refractivity (Wildman–Crippen MR) is 76.9 cm³/mol. The monoisotopic (exact) mass is 353 g/mol. The summed E-state index contributed by atoms with van der Waals surface area (Å²) in [5, 5.41) is 3.17. The van der Waals surface area contributed by atoms with E-state index in [1.807, 2.05) is 32.9 Å². The molecule has 0 amide bonds. The Morgan fingerprint density at radius 2 is 1.90 bits per heavy atom. The molecule has 6 heteroatoms. The fourth-order valence-corrected chi connectivity index (χ4v) is 2.43. The molecular formula is C14H19BrF3NO. The first kappa shape index (κ1) is 17.5. The Kier molecular flexibility index (Phi) is 6.48. The summed E-state index contributed by atoms with van der Waals surface area (Å²) >= 11 is 3.45. The molecule has 0 saturated carbocycles. The number of nitrogens with one attached hydrogen (secondary N) is 1. The predicted octanol–water partition coefficient (Wildman–Crippen LogP) is 4.30. The number of ether oxygens (including phenoxy) is 1. The summed E-state index contributed by atoms with van der Waals surface area (Å²) in [7, 11) is 0. The molecule has 0 radical (unpaired) electrons. The van der Waals surface area contributed by atoms with Gasteiger partial charge in [-0.1, -0.05) is 28.9 Å². The van der Waals surface area contributed by atoms with Crippen molar-refractivity contribution in [2.45, 2.75) is 33.0 Å². The highest BCUT2D eigenvalue weighted by Gasteiger charge is 2.28. The topological polar surface area (TPSA) is 21.3 Å². The van der Waals surface area contributed by atoms with E-state index in [0.29, 0.717) is 6.54 Å². The molecule has 1 unspecified atom stereocenters. The zero-order valence-electron chi connectivity index (χ0n) is 11.8. The first-order chi connectivity index (χ1) is 9.24. The molecule has 1 atom stereocenters. The molecular weight excluding hydrogens is 335 g/mol. The van der Waals surface area contributed by atoms with Crippen LogP contribution in [0.1, 0.15) is 29.7 Å². The summed E-state index contributed by atoms with van der Waals surface area (Å²) in [4.78, 5) is 0. The molecule has 0 aliphatic carbocycles. The Labute approximate surface area is 125 Å². The lowest BCUT2D eigenvalue weighted by molar-refractivity contribution is -0.175. The van der Waals surface area contributed by atoms with Gasteiger partial charge in [0.2, 0.25) is 0 Å². The first-order valence-corrected chi connectivity index (χ1v) is 7.18. The summed E-state index contributed by atoms with van der Waals surface area (Å²) in [5.74, 6) is 0. The molecule has 0 aliphatic rings. The van der Waals surface area contributed by atoms with Gasteiger partial charge < -0.3 is 10.1 Å². The summed E-state index contributed by atoms with van der Waals surface area (Å²) in [6.45, 7) is 5.24. The number of halogens is 4. The smallest absolute Gasteiger partial charge is 0.370 e. The van der Waals surface area contributed by atoms with Crippen LogP contribution in [0, 0.1) is 13.8 Å². The second-order valence-electron chi connectivity index (χ2n) is 4.70. The second-order valence-corrected chi connectivity index (χ2v) is 5.55. The van der Waals surface area contributed by atoms with Crippen molar-refractivity contribution >= 4 is 15.9 Å². The van der Waals surface area contributed by atoms with Crippen LogP contribution in [0.3, 0.4) is 0 Å². The third kappa shape index (κ3) is 5.42. The molecule has 114 valence electrons. The number of alkyl halides is 3. The number of hydrogen-bond acceptors (Lipinski definition) is 2. The Morgan fingerprint density at radius 1 is 1.25 bits per heavy atom. The van der Waals surface area contributed by atoms with Gasteiger partial charge in [-0.25, -0.2) is 0 Å². The maximum atomic E-state index is 12.1. The van der Waals surface area contributed by atoms with E-state index in [1.165, 1.54) is 0 Å². The number of benzene rings is 1. The Morgan fingerprint density at radius 3 is 2.45 bits per heavy atom. The molecule has 0 bridgehead atoms. The first-order valence-electron chi connectivity index (χ1n) is 6.39. The third-order valence-electron chi connectivity index (χ3n) is 2.92. The van der Waals surface area contributed by atoms with Gasteiger partial charge in [0.25, 0.3) is 0 Å². The van der Waals surface area contributed by atoms with Crippen LogP contribution in [0.5, 0.6) is 0 Å². The normalized spacial score (nSPS) is 13.6. The standard InChI is InChI=1S/C14H19BrF3NO/c1-4-19-13(7-20-8-14(16,17)18)11-5-10(3)12(15)6-9(11)2/h5-6,13,19H,4,7-8H2,1-3H3. The van der Waals surface area contributed by atoms with Crippen LogP contribution in [0.4, 0.5) is 13.2 Å². The van der Waals surface area contributed by atoms with Crippen LogP contribution in [0.2, 0.25) is 0 Å². The van der Waals surface area contributed by atoms with E-state index in [0.717, 1.165) is 21.2 Å². The van der Waals surface area contributed by atoms with E-state index in [-0.39, 0.29) is 12.6 Å². The Hall–Kier alpha value is -0.590. The highest BCUT2D eigenvalue weighted by atomic mass is 79.9. The van der Waals surface area contributed by atoms with Crippen molar-refractivity contribution in [1.82, 2.24) is 5.32 Å². The average molecular weight is 354 g/mol. The number of aryl methyl sites for hydroxylation is 2. The van der Waals surface area contributed by atoms with Crippen molar-refractivity contribution in [2.24, 2.45) is 0 Å². The maximum absolute atomic E-state index is 12.1. The number of hydrogen-bond donors (Lipinski definition) is 1. The van der Waals surface area contributed by atoms with Crippen LogP contribution in [0.25, 0.3) is 0 Å². The molecule has 1 aromatic carbocycles. The molecule has 20 heavy (non-hydrogen) atoms. The van der Waals surface area contributed by atoms with Crippen molar-refractivity contribution < 1.29 is 17.9 Å². The molecule has 1 rings (SSSR count). The van der Waals surface area contributed by atoms with Crippen LogP contribution < -0.4 is 5.32 Å². The van der Waals surface area contributed by atoms with Crippen LogP contribution in [-0.4, -0.2) is 25.9 Å². The molecule has 1 N–H and O–H groups in total. The van der Waals surface area contributed by atoms with E-state index in [9.17, 15) is 13.2 Å². The van der Waals surface area contributed by atoms with Gasteiger partial charge in [0.15, 0.2) is 0 Å². The fourth-order valence-electron chi connectivity index (χ4n) is 1.98. The van der Waals surface area contributed by atoms with Gasteiger partial charge in [0.1, 0.15) is 6.61 Å². The van der Waals surface area contributed by atoms with Gasteiger partial charge in [0, 0.05) is 4.47 Å². The molecule has 0 saturated heterocycles. The van der Waals surface area contributed by atoms with Crippen LogP contribution in [0.15, 0.2) is 16.6 Å². The van der Waals surface area contributed by atoms with Gasteiger partial charge in [-0.3, -0.25) is 0 Å². The molecule has 0 heterocycles. The summed E-state index contributed by atoms with van der Waals surface area (Å²) in [6, 6.07) is 3.71. The zero-order chi connectivity index (χ0) is 15.3. The number of rotatable bonds is 6. The summed E-state index contributed by atoms with van der Waals surface area (Å²) in [6.07, 6.45) is -4.29. The summed E-state index contributed by atoms with van der Waals surface area (Å²) in [5.41, 5.74) is 3.03. The SMILES string of the molecule is CCNC(COCC(F)(F)F)c1cc(C)c(Br)cc1C. The van der Waals surface area contributed by atoms with Gasteiger partial charge in [-0.05, 0) is 43.1 Å². The largest absolute Gasteiger partial charge is 0.411 e. The highest BCUT2D eigenvalue weighted by Crippen LogP contribution is 2.26. The molecule has 0 spiro atoms. The van der Waals surface area contributed by atoms with E-state index in [2.05, 4.69) is 21.2 Å². The zero-order valence-corrected chi connectivity index (χ0v) is 13.4. The molecule has 0 fully saturated rings. The minimum atomic E-state index is -4.29. The number of likely N-dealkylation sites (N-methyl/N-ethyl adjacent to an activating group) is 1. The van der Waals surface area contributed by atoms with Crippen molar-refractivity contribution in [3.05, 3.63) is 33.3 Å². The lowest BCUT2D eigenvalue weighted by Gasteiger charge is -2.22. The highest BCUT2D eigenvalue weighted by molar-refractivity contribution is 9.10. The van der Waals surface area contributed by atoms with Gasteiger partial charge in [-0.2, -0.15) is 13.2 Å². The quantitative estimate of drug-likeness (QED) is 0.823. The van der Waals surface area contributed by atoms with Gasteiger partial charge in [0.05, 0.1) is 12.6 Å². The van der Waals surface area contributed by atoms with Crippen LogP contribution in [-0.2, 0) is 4.74 Å². The lowest BCUT2D eigenvalue weighted by atomic mass is 9.99. The summed E-state index contributed by atoms with van der Waals surface area (Å²) < 4.78 is 42.2.